The molecule has 0 saturated heterocycles. The summed E-state index contributed by atoms with van der Waals surface area (Å²) in [6.07, 6.45) is -0.142. The summed E-state index contributed by atoms with van der Waals surface area (Å²) in [4.78, 5) is 28.0. The lowest BCUT2D eigenvalue weighted by molar-refractivity contribution is -0.136. The number of nitrogens with one attached hydrogen (secondary N) is 1. The van der Waals surface area contributed by atoms with Gasteiger partial charge in [0.05, 0.1) is 17.1 Å². The molecule has 34 heavy (non-hydrogen) atoms. The van der Waals surface area contributed by atoms with Crippen molar-refractivity contribution in [1.82, 2.24) is 29.7 Å². The van der Waals surface area contributed by atoms with Gasteiger partial charge in [0.25, 0.3) is 5.96 Å². The Kier molecular flexibility index (Phi) is 7.44. The van der Waals surface area contributed by atoms with Crippen LogP contribution in [0.3, 0.4) is 0 Å². The highest BCUT2D eigenvalue weighted by Crippen LogP contribution is 2.37. The third kappa shape index (κ3) is 5.47. The third-order valence-corrected chi connectivity index (χ3v) is 4.82. The molecule has 0 bridgehead atoms. The molecule has 0 saturated carbocycles. The molecule has 1 unspecified atom stereocenters. The molecule has 1 N–H and O–H groups in total. The number of nitrogens with zero attached hydrogens (tertiary/aromatic N) is 8. The van der Waals surface area contributed by atoms with Crippen molar-refractivity contribution in [2.75, 3.05) is 12.4 Å². The Hall–Kier alpha value is -3.61. The molecule has 0 spiro atoms. The standard InChI is InChI=1S/C20H21ClF3N9O/c1-5-6-25-19(31-32(4)12(3)34)33-18(28-10-29-33)11(2)30-17-14-7-13(21)8-15(20(22,23)24)16(14)26-9-27-17/h6-11H,5H2,1-4H3,(H,26,27,30)/b25-6+,31-19+. The first-order chi connectivity index (χ1) is 16.0. The van der Waals surface area contributed by atoms with E-state index in [9.17, 15) is 18.0 Å². The van der Waals surface area contributed by atoms with Crippen molar-refractivity contribution in [3.63, 3.8) is 0 Å². The highest BCUT2D eigenvalue weighted by Gasteiger charge is 2.34. The average Bonchev–Trinajstić information content (AvgIpc) is 3.25. The van der Waals surface area contributed by atoms with Gasteiger partial charge in [-0.3, -0.25) is 4.79 Å². The van der Waals surface area contributed by atoms with Crippen LogP contribution in [0.2, 0.25) is 5.02 Å². The maximum Gasteiger partial charge on any atom is 0.418 e. The van der Waals surface area contributed by atoms with E-state index in [0.29, 0.717) is 12.2 Å². The number of carbonyl (C=O) groups is 1. The van der Waals surface area contributed by atoms with Crippen LogP contribution in [-0.2, 0) is 11.0 Å². The first-order valence-corrected chi connectivity index (χ1v) is 10.4. The summed E-state index contributed by atoms with van der Waals surface area (Å²) in [6, 6.07) is 1.56. The van der Waals surface area contributed by atoms with Gasteiger partial charge in [-0.2, -0.15) is 23.0 Å². The van der Waals surface area contributed by atoms with E-state index in [1.165, 1.54) is 31.0 Å². The summed E-state index contributed by atoms with van der Waals surface area (Å²) >= 11 is 5.95. The topological polar surface area (TPSA) is 114 Å². The number of alkyl halides is 3. The number of amides is 1. The number of benzene rings is 1. The maximum absolute atomic E-state index is 13.5. The Morgan fingerprint density at radius 3 is 2.68 bits per heavy atom. The van der Waals surface area contributed by atoms with Gasteiger partial charge in [0.2, 0.25) is 5.91 Å². The van der Waals surface area contributed by atoms with E-state index in [2.05, 4.69) is 35.5 Å². The fraction of sp³-hybridized carbons (Fsp3) is 0.350. The lowest BCUT2D eigenvalue weighted by atomic mass is 10.1. The number of carbonyl (C=O) groups excluding carboxylic acids is 1. The second kappa shape index (κ2) is 10.1. The van der Waals surface area contributed by atoms with E-state index in [0.717, 1.165) is 17.4 Å². The third-order valence-electron chi connectivity index (χ3n) is 4.60. The van der Waals surface area contributed by atoms with Gasteiger partial charge in [-0.1, -0.05) is 18.5 Å². The first kappa shape index (κ1) is 25.0. The largest absolute Gasteiger partial charge is 0.418 e. The number of hydrogen-bond acceptors (Lipinski definition) is 7. The second-order valence-electron chi connectivity index (χ2n) is 7.13. The summed E-state index contributed by atoms with van der Waals surface area (Å²) in [5.41, 5.74) is -1.26. The quantitative estimate of drug-likeness (QED) is 0.323. The van der Waals surface area contributed by atoms with Gasteiger partial charge in [-0.15, -0.1) is 5.10 Å². The van der Waals surface area contributed by atoms with Crippen LogP contribution in [-0.4, -0.2) is 54.9 Å². The lowest BCUT2D eigenvalue weighted by Gasteiger charge is -2.18. The molecule has 1 aromatic carbocycles. The summed E-state index contributed by atoms with van der Waals surface area (Å²) in [5, 5.41) is 12.4. The number of aliphatic imine (C=N–C) groups is 1. The number of halogens is 4. The van der Waals surface area contributed by atoms with Crippen molar-refractivity contribution in [2.24, 2.45) is 10.1 Å². The van der Waals surface area contributed by atoms with Crippen molar-refractivity contribution < 1.29 is 18.0 Å². The smallest absolute Gasteiger partial charge is 0.360 e. The number of anilines is 1. The van der Waals surface area contributed by atoms with E-state index in [1.54, 1.807) is 13.1 Å². The lowest BCUT2D eigenvalue weighted by Crippen LogP contribution is -2.25. The van der Waals surface area contributed by atoms with Crippen LogP contribution in [0.1, 0.15) is 44.6 Å². The fourth-order valence-electron chi connectivity index (χ4n) is 2.93. The van der Waals surface area contributed by atoms with Crippen LogP contribution in [0.4, 0.5) is 19.0 Å². The van der Waals surface area contributed by atoms with Gasteiger partial charge < -0.3 is 5.32 Å². The summed E-state index contributed by atoms with van der Waals surface area (Å²) < 4.78 is 41.8. The minimum atomic E-state index is -4.65. The molecule has 180 valence electrons. The minimum absolute atomic E-state index is 0.0793. The monoisotopic (exact) mass is 495 g/mol. The van der Waals surface area contributed by atoms with E-state index in [1.807, 2.05) is 6.92 Å². The van der Waals surface area contributed by atoms with Crippen molar-refractivity contribution in [3.8, 4) is 0 Å². The molecule has 0 radical (unpaired) electrons. The molecule has 3 rings (SSSR count). The molecule has 2 heterocycles. The molecule has 10 nitrogen and oxygen atoms in total. The predicted octanol–water partition coefficient (Wildman–Crippen LogP) is 4.14. The number of hydrogen-bond donors (Lipinski definition) is 1. The molecule has 3 aromatic rings. The molecule has 0 aliphatic rings. The minimum Gasteiger partial charge on any atom is -0.360 e. The van der Waals surface area contributed by atoms with Gasteiger partial charge in [-0.25, -0.2) is 25.0 Å². The predicted molar refractivity (Wildman–Crippen MR) is 122 cm³/mol. The van der Waals surface area contributed by atoms with Crippen LogP contribution in [0.5, 0.6) is 0 Å². The molecule has 0 fully saturated rings. The van der Waals surface area contributed by atoms with Gasteiger partial charge >= 0.3 is 6.18 Å². The molecular formula is C20H21ClF3N9O. The number of hydrazone groups is 1. The molecule has 2 aromatic heterocycles. The molecule has 0 aliphatic heterocycles. The molecule has 0 aliphatic carbocycles. The second-order valence-corrected chi connectivity index (χ2v) is 7.56. The van der Waals surface area contributed by atoms with E-state index >= 15 is 0 Å². The van der Waals surface area contributed by atoms with E-state index in [-0.39, 0.29) is 33.6 Å². The summed E-state index contributed by atoms with van der Waals surface area (Å²) in [7, 11) is 1.47. The van der Waals surface area contributed by atoms with E-state index < -0.39 is 17.8 Å². The summed E-state index contributed by atoms with van der Waals surface area (Å²) in [5.74, 6) is 0.211. The normalized spacial score (nSPS) is 13.5. The highest BCUT2D eigenvalue weighted by atomic mass is 35.5. The van der Waals surface area contributed by atoms with Crippen LogP contribution in [0.15, 0.2) is 34.9 Å². The van der Waals surface area contributed by atoms with E-state index in [4.69, 9.17) is 11.6 Å². The number of rotatable bonds is 5. The Morgan fingerprint density at radius 2 is 2.03 bits per heavy atom. The van der Waals surface area contributed by atoms with Crippen LogP contribution in [0.25, 0.3) is 10.9 Å². The van der Waals surface area contributed by atoms with Gasteiger partial charge in [0.1, 0.15) is 18.5 Å². The Balaban J connectivity index is 2.03. The van der Waals surface area contributed by atoms with Crippen LogP contribution < -0.4 is 5.32 Å². The fourth-order valence-corrected chi connectivity index (χ4v) is 3.15. The van der Waals surface area contributed by atoms with Gasteiger partial charge in [-0.05, 0) is 25.5 Å². The maximum atomic E-state index is 13.5. The van der Waals surface area contributed by atoms with Crippen molar-refractivity contribution in [1.29, 1.82) is 0 Å². The van der Waals surface area contributed by atoms with Crippen molar-refractivity contribution in [3.05, 3.63) is 41.2 Å². The zero-order valence-electron chi connectivity index (χ0n) is 18.7. The highest BCUT2D eigenvalue weighted by molar-refractivity contribution is 6.31. The summed E-state index contributed by atoms with van der Waals surface area (Å²) in [6.45, 7) is 4.93. The molecule has 14 heteroatoms. The van der Waals surface area contributed by atoms with Crippen molar-refractivity contribution >= 4 is 46.4 Å². The molecular weight excluding hydrogens is 475 g/mol. The molecule has 1 atom stereocenters. The van der Waals surface area contributed by atoms with Crippen molar-refractivity contribution in [2.45, 2.75) is 39.4 Å². The molecule has 1 amide bonds. The Bertz CT molecular complexity index is 1260. The average molecular weight is 496 g/mol. The zero-order valence-corrected chi connectivity index (χ0v) is 19.4. The Morgan fingerprint density at radius 1 is 1.29 bits per heavy atom. The number of aromatic nitrogens is 5. The van der Waals surface area contributed by atoms with Crippen LogP contribution in [0, 0.1) is 0 Å². The Labute approximate surface area is 197 Å². The first-order valence-electron chi connectivity index (χ1n) is 10.1. The van der Waals surface area contributed by atoms with Gasteiger partial charge in [0, 0.05) is 30.6 Å². The SMILES string of the molecule is CC/C=N/C(=N\N(C)C(C)=O)n1ncnc1C(C)Nc1ncnc2c(C(F)(F)F)cc(Cl)cc12. The number of fused-ring (bicyclic) bond motifs is 1. The van der Waals surface area contributed by atoms with Gasteiger partial charge in [0.15, 0.2) is 5.82 Å². The zero-order chi connectivity index (χ0) is 25.0. The van der Waals surface area contributed by atoms with Crippen LogP contribution >= 0.6 is 11.6 Å².